The molecule has 0 aliphatic rings. The number of nitrogens with zero attached hydrogens (tertiary/aromatic N) is 2. The number of alkyl halides is 3. The Kier molecular flexibility index (Phi) is 4.19. The molecule has 0 spiro atoms. The Morgan fingerprint density at radius 3 is 2.50 bits per heavy atom. The van der Waals surface area contributed by atoms with Gasteiger partial charge in [0, 0.05) is 7.11 Å². The summed E-state index contributed by atoms with van der Waals surface area (Å²) in [6.07, 6.45) is -1.07. The second kappa shape index (κ2) is 5.87. The molecule has 0 amide bonds. The average Bonchev–Trinajstić information content (AvgIpc) is 2.84. The fourth-order valence-electron chi connectivity index (χ4n) is 1.54. The number of halogens is 3. The van der Waals surface area contributed by atoms with E-state index in [4.69, 9.17) is 4.74 Å². The minimum absolute atomic E-state index is 0.321. The number of hydrogen-bond acceptors (Lipinski definition) is 3. The van der Waals surface area contributed by atoms with Crippen LogP contribution < -0.4 is 0 Å². The van der Waals surface area contributed by atoms with Crippen molar-refractivity contribution in [1.29, 1.82) is 0 Å². The lowest BCUT2D eigenvalue weighted by atomic mass is 10.1. The van der Waals surface area contributed by atoms with Crippen LogP contribution in [0.5, 0.6) is 0 Å². The molecule has 1 aromatic heterocycles. The summed E-state index contributed by atoms with van der Waals surface area (Å²) in [4.78, 5) is 4.11. The number of aromatic amines is 1. The van der Waals surface area contributed by atoms with Gasteiger partial charge in [0.15, 0.2) is 11.6 Å². The van der Waals surface area contributed by atoms with E-state index >= 15 is 0 Å². The fourth-order valence-corrected chi connectivity index (χ4v) is 1.54. The number of benzene rings is 1. The standard InChI is InChI=1S/C13H12F3N3O/c1-20-8-12-17-11(18-19-12)7-4-9-2-5-10(6-3-9)13(14,15)16/h2-7H,8H2,1H3,(H,17,18,19)/b7-4+. The maximum Gasteiger partial charge on any atom is 0.416 e. The Bertz CT molecular complexity index is 588. The van der Waals surface area contributed by atoms with Crippen LogP contribution in [0.2, 0.25) is 0 Å². The smallest absolute Gasteiger partial charge is 0.377 e. The molecule has 106 valence electrons. The number of nitrogens with one attached hydrogen (secondary N) is 1. The second-order valence-corrected chi connectivity index (χ2v) is 4.03. The summed E-state index contributed by atoms with van der Waals surface area (Å²) in [6.45, 7) is 0.321. The highest BCUT2D eigenvalue weighted by Crippen LogP contribution is 2.29. The monoisotopic (exact) mass is 283 g/mol. The summed E-state index contributed by atoms with van der Waals surface area (Å²) in [5, 5.41) is 6.61. The molecule has 1 aromatic carbocycles. The van der Waals surface area contributed by atoms with Crippen LogP contribution in [0.3, 0.4) is 0 Å². The first-order valence-electron chi connectivity index (χ1n) is 5.74. The molecule has 0 unspecified atom stereocenters. The molecule has 0 saturated heterocycles. The number of hydrogen-bond donors (Lipinski definition) is 1. The molecule has 0 atom stereocenters. The van der Waals surface area contributed by atoms with Crippen LogP contribution in [0.1, 0.15) is 22.8 Å². The van der Waals surface area contributed by atoms with Crippen molar-refractivity contribution in [3.63, 3.8) is 0 Å². The summed E-state index contributed by atoms with van der Waals surface area (Å²) in [6, 6.07) is 4.85. The van der Waals surface area contributed by atoms with Gasteiger partial charge in [0.05, 0.1) is 5.56 Å². The van der Waals surface area contributed by atoms with Crippen molar-refractivity contribution in [3.05, 3.63) is 47.0 Å². The van der Waals surface area contributed by atoms with Crippen molar-refractivity contribution >= 4 is 12.2 Å². The van der Waals surface area contributed by atoms with E-state index in [0.29, 0.717) is 23.8 Å². The Morgan fingerprint density at radius 2 is 1.90 bits per heavy atom. The van der Waals surface area contributed by atoms with Crippen molar-refractivity contribution in [1.82, 2.24) is 15.2 Å². The van der Waals surface area contributed by atoms with Crippen LogP contribution in [0.4, 0.5) is 13.2 Å². The van der Waals surface area contributed by atoms with E-state index in [-0.39, 0.29) is 0 Å². The first-order chi connectivity index (χ1) is 9.49. The SMILES string of the molecule is COCc1nc(/C=C/c2ccc(C(F)(F)F)cc2)n[nH]1. The van der Waals surface area contributed by atoms with Gasteiger partial charge in [-0.05, 0) is 23.8 Å². The molecule has 0 saturated carbocycles. The quantitative estimate of drug-likeness (QED) is 0.937. The third kappa shape index (κ3) is 3.67. The largest absolute Gasteiger partial charge is 0.416 e. The number of methoxy groups -OCH3 is 1. The normalized spacial score (nSPS) is 12.2. The Hall–Kier alpha value is -2.15. The second-order valence-electron chi connectivity index (χ2n) is 4.03. The van der Waals surface area contributed by atoms with Crippen molar-refractivity contribution in [3.8, 4) is 0 Å². The molecule has 2 aromatic rings. The van der Waals surface area contributed by atoms with E-state index in [2.05, 4.69) is 15.2 Å². The summed E-state index contributed by atoms with van der Waals surface area (Å²) < 4.78 is 42.1. The molecule has 0 fully saturated rings. The van der Waals surface area contributed by atoms with E-state index in [1.165, 1.54) is 12.1 Å². The van der Waals surface area contributed by atoms with Crippen molar-refractivity contribution < 1.29 is 17.9 Å². The fraction of sp³-hybridized carbons (Fsp3) is 0.231. The van der Waals surface area contributed by atoms with Crippen molar-refractivity contribution in [2.45, 2.75) is 12.8 Å². The molecule has 0 aliphatic carbocycles. The Balaban J connectivity index is 2.07. The van der Waals surface area contributed by atoms with Crippen LogP contribution >= 0.6 is 0 Å². The molecule has 7 heteroatoms. The predicted octanol–water partition coefficient (Wildman–Crippen LogP) is 3.14. The minimum Gasteiger partial charge on any atom is -0.377 e. The third-order valence-electron chi connectivity index (χ3n) is 2.49. The number of rotatable bonds is 4. The molecular formula is C13H12F3N3O. The maximum absolute atomic E-state index is 12.4. The highest BCUT2D eigenvalue weighted by atomic mass is 19.4. The van der Waals surface area contributed by atoms with Gasteiger partial charge in [0.1, 0.15) is 6.61 Å². The van der Waals surface area contributed by atoms with E-state index < -0.39 is 11.7 Å². The van der Waals surface area contributed by atoms with Crippen molar-refractivity contribution in [2.75, 3.05) is 7.11 Å². The molecule has 1 N–H and O–H groups in total. The lowest BCUT2D eigenvalue weighted by molar-refractivity contribution is -0.137. The summed E-state index contributed by atoms with van der Waals surface area (Å²) in [7, 11) is 1.54. The predicted molar refractivity (Wildman–Crippen MR) is 67.5 cm³/mol. The van der Waals surface area contributed by atoms with Gasteiger partial charge in [-0.15, -0.1) is 0 Å². The molecule has 2 rings (SSSR count). The summed E-state index contributed by atoms with van der Waals surface area (Å²) in [5.41, 5.74) is -0.0361. The molecule has 1 heterocycles. The van der Waals surface area contributed by atoms with Gasteiger partial charge >= 0.3 is 6.18 Å². The van der Waals surface area contributed by atoms with Crippen LogP contribution in [-0.2, 0) is 17.5 Å². The first-order valence-corrected chi connectivity index (χ1v) is 5.74. The van der Waals surface area contributed by atoms with Gasteiger partial charge in [-0.1, -0.05) is 18.2 Å². The molecule has 0 aliphatic heterocycles. The lowest BCUT2D eigenvalue weighted by Gasteiger charge is -2.05. The van der Waals surface area contributed by atoms with Crippen LogP contribution in [0.15, 0.2) is 24.3 Å². The van der Waals surface area contributed by atoms with E-state index in [9.17, 15) is 13.2 Å². The summed E-state index contributed by atoms with van der Waals surface area (Å²) >= 11 is 0. The van der Waals surface area contributed by atoms with E-state index in [0.717, 1.165) is 12.1 Å². The molecular weight excluding hydrogens is 271 g/mol. The van der Waals surface area contributed by atoms with Gasteiger partial charge in [-0.25, -0.2) is 4.98 Å². The average molecular weight is 283 g/mol. The lowest BCUT2D eigenvalue weighted by Crippen LogP contribution is -2.03. The Labute approximate surface area is 113 Å². The van der Waals surface area contributed by atoms with E-state index in [1.807, 2.05) is 0 Å². The third-order valence-corrected chi connectivity index (χ3v) is 2.49. The van der Waals surface area contributed by atoms with Gasteiger partial charge in [0.2, 0.25) is 0 Å². The molecule has 0 bridgehead atoms. The number of aromatic nitrogens is 3. The maximum atomic E-state index is 12.4. The van der Waals surface area contributed by atoms with Gasteiger partial charge in [-0.3, -0.25) is 5.10 Å². The number of H-pyrrole nitrogens is 1. The zero-order valence-corrected chi connectivity index (χ0v) is 10.6. The number of ether oxygens (including phenoxy) is 1. The minimum atomic E-state index is -4.32. The van der Waals surface area contributed by atoms with Crippen molar-refractivity contribution in [2.24, 2.45) is 0 Å². The zero-order valence-electron chi connectivity index (χ0n) is 10.6. The highest BCUT2D eigenvalue weighted by Gasteiger charge is 2.29. The molecule has 4 nitrogen and oxygen atoms in total. The molecule has 0 radical (unpaired) electrons. The first kappa shape index (κ1) is 14.3. The zero-order chi connectivity index (χ0) is 14.6. The van der Waals surface area contributed by atoms with Gasteiger partial charge < -0.3 is 4.74 Å². The van der Waals surface area contributed by atoms with Crippen LogP contribution in [-0.4, -0.2) is 22.3 Å². The van der Waals surface area contributed by atoms with E-state index in [1.54, 1.807) is 19.3 Å². The van der Waals surface area contributed by atoms with Gasteiger partial charge in [-0.2, -0.15) is 18.3 Å². The van der Waals surface area contributed by atoms with Gasteiger partial charge in [0.25, 0.3) is 0 Å². The molecule has 20 heavy (non-hydrogen) atoms. The van der Waals surface area contributed by atoms with Crippen LogP contribution in [0.25, 0.3) is 12.2 Å². The highest BCUT2D eigenvalue weighted by molar-refractivity contribution is 5.66. The topological polar surface area (TPSA) is 50.8 Å². The Morgan fingerprint density at radius 1 is 1.20 bits per heavy atom. The van der Waals surface area contributed by atoms with Crippen LogP contribution in [0, 0.1) is 0 Å². The summed E-state index contributed by atoms with van der Waals surface area (Å²) in [5.74, 6) is 1.02.